The van der Waals surface area contributed by atoms with Crippen LogP contribution in [0, 0.1) is 11.3 Å². The van der Waals surface area contributed by atoms with E-state index in [1.807, 2.05) is 40.7 Å². The van der Waals surface area contributed by atoms with Crippen molar-refractivity contribution in [3.63, 3.8) is 0 Å². The number of carbonyl (C=O) groups is 1. The van der Waals surface area contributed by atoms with E-state index in [4.69, 9.17) is 10.5 Å². The van der Waals surface area contributed by atoms with Crippen molar-refractivity contribution in [3.05, 3.63) is 71.6 Å². The molecule has 2 saturated heterocycles. The number of aldehydes is 1. The largest absolute Gasteiger partial charge is 0.401 e. The maximum absolute atomic E-state index is 11.2. The molecule has 2 aliphatic carbocycles. The summed E-state index contributed by atoms with van der Waals surface area (Å²) >= 11 is 0. The SMILES string of the molecule is CC.CC(C)(C)C(C=O)N/C=C(\N)C1CC1.COC(CC1(O)CN(C(C2=CC=CCC2)c2ccccc2)C1)C1CC(O)CN1. The van der Waals surface area contributed by atoms with Crippen molar-refractivity contribution < 1.29 is 19.7 Å². The first kappa shape index (κ1) is 36.0. The van der Waals surface area contributed by atoms with E-state index in [0.29, 0.717) is 38.4 Å². The number of carbonyl (C=O) groups excluding carboxylic acids is 1. The summed E-state index contributed by atoms with van der Waals surface area (Å²) in [5.41, 5.74) is 8.58. The molecule has 44 heavy (non-hydrogen) atoms. The van der Waals surface area contributed by atoms with Gasteiger partial charge in [0, 0.05) is 51.1 Å². The van der Waals surface area contributed by atoms with Crippen molar-refractivity contribution in [2.45, 2.75) is 109 Å². The standard InChI is InChI=1S/C23H32N2O3.C11H20N2O.C2H6/c1-28-21(20-12-19(26)14-24-20)13-23(27)15-25(16-23)22(17-8-4-2-5-9-17)18-10-6-3-7-11-18;1-11(2,3)10(7-14)13-6-9(12)8-4-5-8;1-2/h2-6,8-10,19-22,24,26-27H,7,11-16H2,1H3;6-8,10,13H,4-5,12H2,1-3H3;1-2H3/b;9-6-;. The highest BCUT2D eigenvalue weighted by Gasteiger charge is 2.48. The summed E-state index contributed by atoms with van der Waals surface area (Å²) in [5.74, 6) is 0.551. The van der Waals surface area contributed by atoms with Gasteiger partial charge in [0.25, 0.3) is 0 Å². The Labute approximate surface area is 265 Å². The second-order valence-corrected chi connectivity index (χ2v) is 13.6. The third-order valence-corrected chi connectivity index (χ3v) is 8.89. The van der Waals surface area contributed by atoms with Crippen LogP contribution in [-0.4, -0.2) is 78.0 Å². The van der Waals surface area contributed by atoms with Crippen LogP contribution in [0.25, 0.3) is 0 Å². The minimum absolute atomic E-state index is 0.0674. The number of β-amino-alcohol motifs (C(OH)–C–C–N with tert-alkyl or cyclic N) is 2. The molecule has 6 N–H and O–H groups in total. The van der Waals surface area contributed by atoms with Gasteiger partial charge < -0.3 is 36.1 Å². The highest BCUT2D eigenvalue weighted by Crippen LogP contribution is 2.40. The van der Waals surface area contributed by atoms with Crippen molar-refractivity contribution in [1.82, 2.24) is 15.5 Å². The molecule has 3 fully saturated rings. The van der Waals surface area contributed by atoms with Gasteiger partial charge in [-0.05, 0) is 54.6 Å². The van der Waals surface area contributed by atoms with Gasteiger partial charge in [-0.25, -0.2) is 0 Å². The van der Waals surface area contributed by atoms with Crippen molar-refractivity contribution in [2.75, 3.05) is 26.7 Å². The van der Waals surface area contributed by atoms with Gasteiger partial charge in [0.2, 0.25) is 0 Å². The first-order valence-electron chi connectivity index (χ1n) is 16.5. The highest BCUT2D eigenvalue weighted by atomic mass is 16.5. The average molecular weight is 611 g/mol. The summed E-state index contributed by atoms with van der Waals surface area (Å²) < 4.78 is 5.68. The molecule has 0 spiro atoms. The molecule has 8 nitrogen and oxygen atoms in total. The minimum atomic E-state index is -0.742. The van der Waals surface area contributed by atoms with Crippen LogP contribution in [0.15, 0.2) is 66.0 Å². The maximum atomic E-state index is 11.2. The maximum Gasteiger partial charge on any atom is 0.142 e. The number of hydrogen-bond donors (Lipinski definition) is 5. The monoisotopic (exact) mass is 610 g/mol. The molecule has 2 aliphatic heterocycles. The highest BCUT2D eigenvalue weighted by molar-refractivity contribution is 5.59. The molecule has 0 aromatic heterocycles. The summed E-state index contributed by atoms with van der Waals surface area (Å²) in [6.45, 7) is 12.0. The Bertz CT molecular complexity index is 1100. The van der Waals surface area contributed by atoms with Crippen LogP contribution in [0.2, 0.25) is 0 Å². The number of rotatable bonds is 11. The average Bonchev–Trinajstić information content (AvgIpc) is 3.77. The number of likely N-dealkylation sites (tertiary alicyclic amines) is 1. The normalized spacial score (nSPS) is 25.2. The van der Waals surface area contributed by atoms with Gasteiger partial charge in [-0.15, -0.1) is 0 Å². The van der Waals surface area contributed by atoms with Crippen LogP contribution in [-0.2, 0) is 9.53 Å². The molecule has 0 bridgehead atoms. The van der Waals surface area contributed by atoms with Crippen molar-refractivity contribution in [3.8, 4) is 0 Å². The number of benzene rings is 1. The van der Waals surface area contributed by atoms with Gasteiger partial charge in [-0.3, -0.25) is 4.90 Å². The second-order valence-electron chi connectivity index (χ2n) is 13.6. The lowest BCUT2D eigenvalue weighted by Gasteiger charge is -2.52. The van der Waals surface area contributed by atoms with E-state index in [1.165, 1.54) is 24.0 Å². The molecule has 5 unspecified atom stereocenters. The molecule has 5 rings (SSSR count). The van der Waals surface area contributed by atoms with Gasteiger partial charge in [-0.1, -0.05) is 83.2 Å². The lowest BCUT2D eigenvalue weighted by atomic mass is 9.81. The molecule has 0 radical (unpaired) electrons. The van der Waals surface area contributed by atoms with Crippen LogP contribution in [0.3, 0.4) is 0 Å². The van der Waals surface area contributed by atoms with Crippen LogP contribution in [0.5, 0.6) is 0 Å². The Hall–Kier alpha value is -2.49. The quantitative estimate of drug-likeness (QED) is 0.231. The van der Waals surface area contributed by atoms with Crippen LogP contribution < -0.4 is 16.4 Å². The molecule has 8 heteroatoms. The third-order valence-electron chi connectivity index (χ3n) is 8.89. The molecular formula is C36H58N4O4. The molecular weight excluding hydrogens is 552 g/mol. The minimum Gasteiger partial charge on any atom is -0.401 e. The zero-order valence-electron chi connectivity index (χ0n) is 27.8. The fraction of sp³-hybridized carbons (Fsp3) is 0.639. The van der Waals surface area contributed by atoms with E-state index in [1.54, 1.807) is 13.3 Å². The first-order chi connectivity index (χ1) is 21.0. The van der Waals surface area contributed by atoms with Gasteiger partial charge in [0.15, 0.2) is 0 Å². The summed E-state index contributed by atoms with van der Waals surface area (Å²) in [6.07, 6.45) is 14.7. The zero-order chi connectivity index (χ0) is 32.3. The number of nitrogens with one attached hydrogen (secondary N) is 2. The van der Waals surface area contributed by atoms with E-state index in [9.17, 15) is 15.0 Å². The molecule has 1 aromatic rings. The van der Waals surface area contributed by atoms with E-state index in [-0.39, 0.29) is 35.7 Å². The molecule has 1 aromatic carbocycles. The number of nitrogens with zero attached hydrogens (tertiary/aromatic N) is 1. The van der Waals surface area contributed by atoms with Crippen molar-refractivity contribution >= 4 is 6.29 Å². The number of methoxy groups -OCH3 is 1. The first-order valence-corrected chi connectivity index (χ1v) is 16.5. The van der Waals surface area contributed by atoms with E-state index < -0.39 is 5.60 Å². The third kappa shape index (κ3) is 10.3. The van der Waals surface area contributed by atoms with E-state index >= 15 is 0 Å². The fourth-order valence-corrected chi connectivity index (χ4v) is 6.17. The number of nitrogens with two attached hydrogens (primary N) is 1. The number of ether oxygens (including phenoxy) is 1. The topological polar surface area (TPSA) is 120 Å². The fourth-order valence-electron chi connectivity index (χ4n) is 6.17. The predicted molar refractivity (Wildman–Crippen MR) is 179 cm³/mol. The van der Waals surface area contributed by atoms with Gasteiger partial charge in [0.05, 0.1) is 29.9 Å². The van der Waals surface area contributed by atoms with E-state index in [2.05, 4.69) is 58.0 Å². The molecule has 1 saturated carbocycles. The van der Waals surface area contributed by atoms with Crippen LogP contribution in [0.4, 0.5) is 0 Å². The Kier molecular flexibility index (Phi) is 13.7. The second kappa shape index (κ2) is 16.7. The lowest BCUT2D eigenvalue weighted by molar-refractivity contribution is -0.138. The smallest absolute Gasteiger partial charge is 0.142 e. The Balaban J connectivity index is 0.000000279. The number of hydrogen-bond acceptors (Lipinski definition) is 8. The zero-order valence-corrected chi connectivity index (χ0v) is 27.8. The lowest BCUT2D eigenvalue weighted by Crippen LogP contribution is -2.64. The number of aliphatic hydroxyl groups excluding tert-OH is 1. The summed E-state index contributed by atoms with van der Waals surface area (Å²) in [4.78, 5) is 13.2. The molecule has 4 aliphatic rings. The summed E-state index contributed by atoms with van der Waals surface area (Å²) in [6, 6.07) is 10.8. The molecule has 2 heterocycles. The number of allylic oxidation sites excluding steroid dienone is 4. The van der Waals surface area contributed by atoms with Gasteiger partial charge >= 0.3 is 0 Å². The van der Waals surface area contributed by atoms with Crippen molar-refractivity contribution in [1.29, 1.82) is 0 Å². The number of aliphatic hydroxyl groups is 2. The van der Waals surface area contributed by atoms with Gasteiger partial charge in [-0.2, -0.15) is 0 Å². The Morgan fingerprint density at radius 2 is 1.91 bits per heavy atom. The van der Waals surface area contributed by atoms with Crippen LogP contribution >= 0.6 is 0 Å². The molecule has 5 atom stereocenters. The summed E-state index contributed by atoms with van der Waals surface area (Å²) in [7, 11) is 1.70. The van der Waals surface area contributed by atoms with Crippen LogP contribution in [0.1, 0.15) is 84.7 Å². The molecule has 0 amide bonds. The Morgan fingerprint density at radius 3 is 2.41 bits per heavy atom. The molecule has 246 valence electrons. The van der Waals surface area contributed by atoms with Crippen molar-refractivity contribution in [2.24, 2.45) is 17.1 Å². The van der Waals surface area contributed by atoms with E-state index in [0.717, 1.165) is 24.8 Å². The van der Waals surface area contributed by atoms with Gasteiger partial charge in [0.1, 0.15) is 6.29 Å². The Morgan fingerprint density at radius 1 is 1.23 bits per heavy atom. The predicted octanol–water partition coefficient (Wildman–Crippen LogP) is 4.60. The summed E-state index contributed by atoms with van der Waals surface area (Å²) in [5, 5.41) is 27.4.